The van der Waals surface area contributed by atoms with Gasteiger partial charge in [0.2, 0.25) is 17.7 Å². The van der Waals surface area contributed by atoms with Crippen molar-refractivity contribution in [2.75, 3.05) is 30.8 Å². The Hall–Kier alpha value is -4.18. The molecule has 3 atom stereocenters. The van der Waals surface area contributed by atoms with Gasteiger partial charge in [0.1, 0.15) is 29.5 Å². The lowest BCUT2D eigenvalue weighted by Gasteiger charge is -2.47. The molecule has 3 amide bonds. The molecule has 10 heteroatoms. The Morgan fingerprint density at radius 2 is 1.86 bits per heavy atom. The number of halogens is 2. The molecule has 0 saturated carbocycles. The molecule has 2 saturated heterocycles. The molecule has 0 unspecified atom stereocenters. The summed E-state index contributed by atoms with van der Waals surface area (Å²) in [5.74, 6) is -1.51. The van der Waals surface area contributed by atoms with Crippen molar-refractivity contribution in [1.29, 1.82) is 0 Å². The van der Waals surface area contributed by atoms with Crippen LogP contribution >= 0.6 is 0 Å². The molecule has 42 heavy (non-hydrogen) atoms. The second-order valence-corrected chi connectivity index (χ2v) is 12.1. The molecule has 2 N–H and O–H groups in total. The number of fused-ring (bicyclic) bond motifs is 3. The molecule has 3 aromatic rings. The number of anilines is 2. The van der Waals surface area contributed by atoms with E-state index in [0.29, 0.717) is 49.2 Å². The lowest BCUT2D eigenvalue weighted by Crippen LogP contribution is -2.60. The normalized spacial score (nSPS) is 26.5. The van der Waals surface area contributed by atoms with Gasteiger partial charge in [-0.3, -0.25) is 19.3 Å². The highest BCUT2D eigenvalue weighted by atomic mass is 19.1. The van der Waals surface area contributed by atoms with Crippen LogP contribution in [0.1, 0.15) is 54.0 Å². The van der Waals surface area contributed by atoms with Crippen molar-refractivity contribution in [2.24, 2.45) is 0 Å². The summed E-state index contributed by atoms with van der Waals surface area (Å²) in [6.07, 6.45) is 5.30. The van der Waals surface area contributed by atoms with Crippen LogP contribution in [0.4, 0.5) is 20.3 Å². The van der Waals surface area contributed by atoms with Gasteiger partial charge in [0.05, 0.1) is 11.5 Å². The van der Waals surface area contributed by atoms with Gasteiger partial charge in [-0.2, -0.15) is 0 Å². The lowest BCUT2D eigenvalue weighted by atomic mass is 9.79. The van der Waals surface area contributed by atoms with E-state index < -0.39 is 34.5 Å². The summed E-state index contributed by atoms with van der Waals surface area (Å²) in [7, 11) is 1.92. The van der Waals surface area contributed by atoms with Crippen molar-refractivity contribution < 1.29 is 23.2 Å². The number of carbonyl (C=O) groups excluding carboxylic acids is 3. The number of amides is 3. The van der Waals surface area contributed by atoms with Gasteiger partial charge in [0.15, 0.2) is 0 Å². The van der Waals surface area contributed by atoms with Gasteiger partial charge in [-0.05, 0) is 99.1 Å². The molecular formula is C32H31F2N5O3. The second kappa shape index (κ2) is 9.69. The first-order valence-corrected chi connectivity index (χ1v) is 14.4. The zero-order chi connectivity index (χ0) is 29.2. The number of pyridine rings is 1. The molecule has 2 fully saturated rings. The van der Waals surface area contributed by atoms with Crippen molar-refractivity contribution in [3.8, 4) is 0 Å². The van der Waals surface area contributed by atoms with E-state index in [1.807, 2.05) is 36.2 Å². The highest BCUT2D eigenvalue weighted by Gasteiger charge is 2.53. The van der Waals surface area contributed by atoms with Gasteiger partial charge in [0, 0.05) is 23.5 Å². The van der Waals surface area contributed by atoms with Crippen LogP contribution in [0.25, 0.3) is 0 Å². The van der Waals surface area contributed by atoms with E-state index in [1.54, 1.807) is 12.3 Å². The number of hydrogen-bond acceptors (Lipinski definition) is 5. The van der Waals surface area contributed by atoms with Crippen LogP contribution in [-0.2, 0) is 32.6 Å². The molecule has 0 bridgehead atoms. The standard InChI is InChI=1S/C32H31F2N5O3/c1-38-11-3-8-32(38)9-7-26(20-12-22(33)15-23(34)13-20)39(30(32)42)18-27(40)36-24-6-5-19-16-31(17-21(19)14-24)25-4-2-10-35-28(25)37-29(31)41/h2,4-6,10,12-15,26H,3,7-9,11,16-18H2,1H3,(H,36,40)(H,35,37,41)/t26-,31+,32+/m0/s1. The predicted octanol–water partition coefficient (Wildman–Crippen LogP) is 4.12. The third-order valence-electron chi connectivity index (χ3n) is 9.73. The van der Waals surface area contributed by atoms with E-state index >= 15 is 0 Å². The Labute approximate surface area is 242 Å². The van der Waals surface area contributed by atoms with Gasteiger partial charge in [-0.15, -0.1) is 0 Å². The fraction of sp³-hybridized carbons (Fsp3) is 0.375. The Kier molecular flexibility index (Phi) is 6.16. The predicted molar refractivity (Wildman–Crippen MR) is 152 cm³/mol. The minimum absolute atomic E-state index is 0.0766. The van der Waals surface area contributed by atoms with Crippen molar-refractivity contribution in [3.63, 3.8) is 0 Å². The van der Waals surface area contributed by atoms with Crippen LogP contribution in [0.5, 0.6) is 0 Å². The van der Waals surface area contributed by atoms with Crippen LogP contribution in [0.15, 0.2) is 54.7 Å². The number of carbonyl (C=O) groups is 3. The third kappa shape index (κ3) is 4.11. The van der Waals surface area contributed by atoms with Gasteiger partial charge in [-0.1, -0.05) is 12.1 Å². The maximum atomic E-state index is 14.2. The maximum absolute atomic E-state index is 14.2. The summed E-state index contributed by atoms with van der Waals surface area (Å²) in [4.78, 5) is 48.4. The van der Waals surface area contributed by atoms with E-state index in [9.17, 15) is 23.2 Å². The third-order valence-corrected chi connectivity index (χ3v) is 9.73. The molecule has 2 aromatic carbocycles. The average molecular weight is 572 g/mol. The zero-order valence-corrected chi connectivity index (χ0v) is 23.3. The fourth-order valence-electron chi connectivity index (χ4n) is 7.64. The minimum atomic E-state index is -0.718. The molecule has 7 rings (SSSR count). The number of likely N-dealkylation sites (N-methyl/N-ethyl adjacent to an activating group) is 1. The summed E-state index contributed by atoms with van der Waals surface area (Å²) in [5.41, 5.74) is 2.36. The number of likely N-dealkylation sites (tertiary alicyclic amines) is 2. The van der Waals surface area contributed by atoms with Crippen LogP contribution in [0.2, 0.25) is 0 Å². The van der Waals surface area contributed by atoms with E-state index in [4.69, 9.17) is 0 Å². The van der Waals surface area contributed by atoms with Crippen LogP contribution in [-0.4, -0.2) is 58.2 Å². The van der Waals surface area contributed by atoms with E-state index in [1.165, 1.54) is 17.0 Å². The molecule has 1 aromatic heterocycles. The molecule has 2 spiro atoms. The van der Waals surface area contributed by atoms with Crippen LogP contribution in [0, 0.1) is 11.6 Å². The summed E-state index contributed by atoms with van der Waals surface area (Å²) < 4.78 is 28.4. The molecule has 4 heterocycles. The van der Waals surface area contributed by atoms with Crippen molar-refractivity contribution in [1.82, 2.24) is 14.8 Å². The molecule has 4 aliphatic rings. The smallest absolute Gasteiger partial charge is 0.244 e. The average Bonchev–Trinajstić information content (AvgIpc) is 3.60. The van der Waals surface area contributed by atoms with Crippen molar-refractivity contribution in [3.05, 3.63) is 88.6 Å². The number of aromatic nitrogens is 1. The Bertz CT molecular complexity index is 1630. The van der Waals surface area contributed by atoms with Gasteiger partial charge in [-0.25, -0.2) is 13.8 Å². The zero-order valence-electron chi connectivity index (χ0n) is 23.3. The van der Waals surface area contributed by atoms with Gasteiger partial charge in [0.25, 0.3) is 0 Å². The fourth-order valence-corrected chi connectivity index (χ4v) is 7.64. The van der Waals surface area contributed by atoms with E-state index in [2.05, 4.69) is 15.6 Å². The van der Waals surface area contributed by atoms with Crippen LogP contribution < -0.4 is 10.6 Å². The summed E-state index contributed by atoms with van der Waals surface area (Å²) >= 11 is 0. The molecule has 8 nitrogen and oxygen atoms in total. The second-order valence-electron chi connectivity index (χ2n) is 12.1. The minimum Gasteiger partial charge on any atom is -0.325 e. The molecular weight excluding hydrogens is 540 g/mol. The number of nitrogens with zero attached hydrogens (tertiary/aromatic N) is 3. The Morgan fingerprint density at radius 3 is 2.62 bits per heavy atom. The molecule has 3 aliphatic heterocycles. The number of piperidine rings is 1. The van der Waals surface area contributed by atoms with E-state index in [0.717, 1.165) is 35.7 Å². The van der Waals surface area contributed by atoms with Gasteiger partial charge < -0.3 is 15.5 Å². The number of nitrogens with one attached hydrogen (secondary N) is 2. The maximum Gasteiger partial charge on any atom is 0.244 e. The summed E-state index contributed by atoms with van der Waals surface area (Å²) in [5, 5.41) is 5.83. The van der Waals surface area contributed by atoms with Crippen molar-refractivity contribution >= 4 is 29.2 Å². The monoisotopic (exact) mass is 571 g/mol. The highest BCUT2D eigenvalue weighted by molar-refractivity contribution is 6.06. The molecule has 216 valence electrons. The number of benzene rings is 2. The quantitative estimate of drug-likeness (QED) is 0.492. The first-order chi connectivity index (χ1) is 20.2. The summed E-state index contributed by atoms with van der Waals surface area (Å²) in [6.45, 7) is 0.528. The Morgan fingerprint density at radius 1 is 1.07 bits per heavy atom. The lowest BCUT2D eigenvalue weighted by molar-refractivity contribution is -0.152. The first kappa shape index (κ1) is 26.7. The van der Waals surface area contributed by atoms with Crippen LogP contribution in [0.3, 0.4) is 0 Å². The SMILES string of the molecule is CN1CCC[C@]12CC[C@@H](c1cc(F)cc(F)c1)N(CC(=O)Nc1ccc3c(c1)C[C@@]1(C3)C(=O)Nc3ncccc31)C2=O. The van der Waals surface area contributed by atoms with Crippen molar-refractivity contribution in [2.45, 2.75) is 55.5 Å². The molecule has 1 aliphatic carbocycles. The molecule has 0 radical (unpaired) electrons. The topological polar surface area (TPSA) is 94.6 Å². The van der Waals surface area contributed by atoms with Gasteiger partial charge >= 0.3 is 0 Å². The summed E-state index contributed by atoms with van der Waals surface area (Å²) in [6, 6.07) is 12.0. The first-order valence-electron chi connectivity index (χ1n) is 14.4. The van der Waals surface area contributed by atoms with E-state index in [-0.39, 0.29) is 18.4 Å². The largest absolute Gasteiger partial charge is 0.325 e. The number of rotatable bonds is 4. The number of hydrogen-bond donors (Lipinski definition) is 2. The highest BCUT2D eigenvalue weighted by Crippen LogP contribution is 2.47. The Balaban J connectivity index is 1.13.